The highest BCUT2D eigenvalue weighted by Crippen LogP contribution is 2.44. The lowest BCUT2D eigenvalue weighted by atomic mass is 9.98. The van der Waals surface area contributed by atoms with E-state index in [1.165, 1.54) is 0 Å². The van der Waals surface area contributed by atoms with Crippen molar-refractivity contribution in [3.8, 4) is 11.1 Å². The molecule has 0 spiro atoms. The minimum Gasteiger partial charge on any atom is -0.480 e. The summed E-state index contributed by atoms with van der Waals surface area (Å²) in [5.41, 5.74) is 5.31. The molecule has 216 valence electrons. The molecule has 1 aliphatic rings. The smallest absolute Gasteiger partial charge is 0.407 e. The average molecular weight is 559 g/mol. The Bertz CT molecular complexity index is 1300. The number of benzene rings is 3. The van der Waals surface area contributed by atoms with Gasteiger partial charge in [-0.25, -0.2) is 9.59 Å². The van der Waals surface area contributed by atoms with Gasteiger partial charge in [-0.05, 0) is 53.5 Å². The van der Waals surface area contributed by atoms with E-state index >= 15 is 0 Å². The Kier molecular flexibility index (Phi) is 10.1. The van der Waals surface area contributed by atoms with Gasteiger partial charge in [-0.1, -0.05) is 92.7 Å². The van der Waals surface area contributed by atoms with E-state index in [1.807, 2.05) is 80.6 Å². The van der Waals surface area contributed by atoms with E-state index in [1.54, 1.807) is 6.92 Å². The van der Waals surface area contributed by atoms with Crippen LogP contribution in [-0.4, -0.2) is 47.9 Å². The third kappa shape index (κ3) is 7.73. The largest absolute Gasteiger partial charge is 0.480 e. The van der Waals surface area contributed by atoms with E-state index in [9.17, 15) is 19.5 Å². The number of hydrogen-bond donors (Lipinski definition) is 3. The predicted molar refractivity (Wildman–Crippen MR) is 156 cm³/mol. The summed E-state index contributed by atoms with van der Waals surface area (Å²) < 4.78 is 11.4. The Morgan fingerprint density at radius 3 is 1.98 bits per heavy atom. The zero-order valence-corrected chi connectivity index (χ0v) is 23.7. The molecular formula is C33H38N2O6. The maximum absolute atomic E-state index is 13.3. The number of ether oxygens (including phenoxy) is 2. The van der Waals surface area contributed by atoms with Crippen LogP contribution in [0.1, 0.15) is 56.2 Å². The summed E-state index contributed by atoms with van der Waals surface area (Å²) in [5, 5.41) is 15.1. The van der Waals surface area contributed by atoms with Crippen molar-refractivity contribution in [2.24, 2.45) is 5.92 Å². The lowest BCUT2D eigenvalue weighted by molar-refractivity contribution is -0.146. The first-order valence-corrected chi connectivity index (χ1v) is 14.0. The van der Waals surface area contributed by atoms with Gasteiger partial charge in [0.05, 0.1) is 12.7 Å². The first kappa shape index (κ1) is 29.8. The third-order valence-electron chi connectivity index (χ3n) is 7.37. The van der Waals surface area contributed by atoms with Crippen molar-refractivity contribution >= 4 is 18.0 Å². The first-order valence-electron chi connectivity index (χ1n) is 14.0. The van der Waals surface area contributed by atoms with Crippen LogP contribution < -0.4 is 10.6 Å². The van der Waals surface area contributed by atoms with Crippen LogP contribution in [0.4, 0.5) is 4.79 Å². The summed E-state index contributed by atoms with van der Waals surface area (Å²) in [4.78, 5) is 38.3. The van der Waals surface area contributed by atoms with Gasteiger partial charge in [0, 0.05) is 5.92 Å². The Balaban J connectivity index is 1.39. The molecule has 0 radical (unpaired) electrons. The van der Waals surface area contributed by atoms with Gasteiger partial charge in [0.1, 0.15) is 12.6 Å². The van der Waals surface area contributed by atoms with E-state index in [0.717, 1.165) is 27.8 Å². The Morgan fingerprint density at radius 1 is 0.805 bits per heavy atom. The number of hydrogen-bond acceptors (Lipinski definition) is 5. The van der Waals surface area contributed by atoms with Gasteiger partial charge in [0.15, 0.2) is 6.04 Å². The standard InChI is InChI=1S/C33H38N2O6/c1-21(2)17-18-29(31(36)35-30(32(37)38)22(3)40-19-23-11-5-4-6-12-23)34-33(39)41-20-28-26-15-9-7-13-24(26)25-14-8-10-16-27(25)28/h4-16,21-22,28-30H,17-20H2,1-3H3,(H,34,39)(H,35,36)(H,37,38). The molecule has 4 rings (SSSR count). The number of aliphatic carboxylic acids is 1. The summed E-state index contributed by atoms with van der Waals surface area (Å²) in [7, 11) is 0. The highest BCUT2D eigenvalue weighted by Gasteiger charge is 2.32. The second-order valence-corrected chi connectivity index (χ2v) is 10.8. The molecular weight excluding hydrogens is 520 g/mol. The van der Waals surface area contributed by atoms with Crippen LogP contribution in [0, 0.1) is 5.92 Å². The fourth-order valence-electron chi connectivity index (χ4n) is 5.08. The van der Waals surface area contributed by atoms with Crippen molar-refractivity contribution in [2.75, 3.05) is 6.61 Å². The number of amides is 2. The fourth-order valence-corrected chi connectivity index (χ4v) is 5.08. The van der Waals surface area contributed by atoms with Gasteiger partial charge < -0.3 is 25.2 Å². The minimum absolute atomic E-state index is 0.112. The maximum atomic E-state index is 13.3. The van der Waals surface area contributed by atoms with Crippen molar-refractivity contribution in [3.05, 3.63) is 95.6 Å². The summed E-state index contributed by atoms with van der Waals surface area (Å²) in [6, 6.07) is 23.2. The molecule has 3 N–H and O–H groups in total. The van der Waals surface area contributed by atoms with Crippen LogP contribution in [0.2, 0.25) is 0 Å². The van der Waals surface area contributed by atoms with Gasteiger partial charge in [0.25, 0.3) is 0 Å². The lowest BCUT2D eigenvalue weighted by Crippen LogP contribution is -2.55. The molecule has 8 heteroatoms. The van der Waals surface area contributed by atoms with Gasteiger partial charge >= 0.3 is 12.1 Å². The number of carbonyl (C=O) groups is 3. The zero-order valence-electron chi connectivity index (χ0n) is 23.7. The number of alkyl carbamates (subject to hydrolysis) is 1. The van der Waals surface area contributed by atoms with Crippen LogP contribution in [-0.2, 0) is 25.7 Å². The van der Waals surface area contributed by atoms with Crippen LogP contribution in [0.15, 0.2) is 78.9 Å². The van der Waals surface area contributed by atoms with Crippen molar-refractivity contribution in [3.63, 3.8) is 0 Å². The fraction of sp³-hybridized carbons (Fsp3) is 0.364. The number of fused-ring (bicyclic) bond motifs is 3. The second kappa shape index (κ2) is 13.9. The molecule has 3 aromatic carbocycles. The average Bonchev–Trinajstić information content (AvgIpc) is 3.29. The number of carboxylic acids is 1. The van der Waals surface area contributed by atoms with Crippen molar-refractivity contribution in [1.29, 1.82) is 0 Å². The SMILES string of the molecule is CC(C)CCC(NC(=O)OCC1c2ccccc2-c2ccccc21)C(=O)NC(C(=O)O)C(C)OCc1ccccc1. The molecule has 3 unspecified atom stereocenters. The summed E-state index contributed by atoms with van der Waals surface area (Å²) >= 11 is 0. The predicted octanol–water partition coefficient (Wildman–Crippen LogP) is 5.50. The molecule has 2 amide bonds. The molecule has 0 bridgehead atoms. The van der Waals surface area contributed by atoms with E-state index in [-0.39, 0.29) is 25.0 Å². The van der Waals surface area contributed by atoms with Crippen molar-refractivity contribution in [2.45, 2.75) is 64.3 Å². The summed E-state index contributed by atoms with van der Waals surface area (Å²) in [6.07, 6.45) is -0.549. The molecule has 0 saturated carbocycles. The van der Waals surface area contributed by atoms with Crippen molar-refractivity contribution in [1.82, 2.24) is 10.6 Å². The molecule has 8 nitrogen and oxygen atoms in total. The van der Waals surface area contributed by atoms with E-state index in [2.05, 4.69) is 22.8 Å². The Hall–Kier alpha value is -4.17. The van der Waals surface area contributed by atoms with Crippen molar-refractivity contribution < 1.29 is 29.0 Å². The molecule has 41 heavy (non-hydrogen) atoms. The zero-order chi connectivity index (χ0) is 29.4. The maximum Gasteiger partial charge on any atom is 0.407 e. The van der Waals surface area contributed by atoms with Gasteiger partial charge in [-0.2, -0.15) is 0 Å². The van der Waals surface area contributed by atoms with Crippen LogP contribution >= 0.6 is 0 Å². The molecule has 1 aliphatic carbocycles. The monoisotopic (exact) mass is 558 g/mol. The molecule has 0 saturated heterocycles. The van der Waals surface area contributed by atoms with E-state index < -0.39 is 36.2 Å². The highest BCUT2D eigenvalue weighted by molar-refractivity contribution is 5.89. The third-order valence-corrected chi connectivity index (χ3v) is 7.37. The molecule has 3 atom stereocenters. The van der Waals surface area contributed by atoms with Crippen LogP contribution in [0.25, 0.3) is 11.1 Å². The highest BCUT2D eigenvalue weighted by atomic mass is 16.5. The minimum atomic E-state index is -1.29. The van der Waals surface area contributed by atoms with E-state index in [0.29, 0.717) is 12.8 Å². The number of rotatable bonds is 13. The Labute approximate surface area is 241 Å². The molecule has 3 aromatic rings. The van der Waals surface area contributed by atoms with Crippen LogP contribution in [0.5, 0.6) is 0 Å². The Morgan fingerprint density at radius 2 is 1.39 bits per heavy atom. The molecule has 0 aliphatic heterocycles. The quantitative estimate of drug-likeness (QED) is 0.255. The lowest BCUT2D eigenvalue weighted by Gasteiger charge is -2.25. The number of carboxylic acid groups (broad SMARTS) is 1. The number of carbonyl (C=O) groups excluding carboxylic acids is 2. The number of nitrogens with one attached hydrogen (secondary N) is 2. The molecule has 0 heterocycles. The normalized spacial score (nSPS) is 14.4. The summed E-state index contributed by atoms with van der Waals surface area (Å²) in [6.45, 7) is 5.95. The van der Waals surface area contributed by atoms with E-state index in [4.69, 9.17) is 9.47 Å². The molecule has 0 aromatic heterocycles. The second-order valence-electron chi connectivity index (χ2n) is 10.8. The van der Waals surface area contributed by atoms with Gasteiger partial charge in [-0.15, -0.1) is 0 Å². The summed E-state index contributed by atoms with van der Waals surface area (Å²) in [5.74, 6) is -1.66. The molecule has 0 fully saturated rings. The topological polar surface area (TPSA) is 114 Å². The van der Waals surface area contributed by atoms with Gasteiger partial charge in [0.2, 0.25) is 5.91 Å². The first-order chi connectivity index (χ1) is 19.7. The van der Waals surface area contributed by atoms with Crippen LogP contribution in [0.3, 0.4) is 0 Å². The van der Waals surface area contributed by atoms with Gasteiger partial charge in [-0.3, -0.25) is 4.79 Å².